The van der Waals surface area contributed by atoms with Gasteiger partial charge in [0, 0.05) is 14.1 Å². The minimum atomic E-state index is -3.69. The van der Waals surface area contributed by atoms with Gasteiger partial charge in [-0.2, -0.15) is 0 Å². The highest BCUT2D eigenvalue weighted by atomic mass is 35.5. The number of halogens is 2. The van der Waals surface area contributed by atoms with Gasteiger partial charge in [0.15, 0.2) is 8.68 Å². The summed E-state index contributed by atoms with van der Waals surface area (Å²) in [6, 6.07) is 4.93. The van der Waals surface area contributed by atoms with E-state index in [0.717, 1.165) is 17.0 Å². The van der Waals surface area contributed by atoms with Crippen LogP contribution < -0.4 is 9.62 Å². The van der Waals surface area contributed by atoms with Crippen LogP contribution in [0.4, 0.5) is 11.4 Å². The van der Waals surface area contributed by atoms with Crippen LogP contribution in [-0.2, 0) is 10.0 Å². The maximum Gasteiger partial charge on any atom is 0.273 e. The van der Waals surface area contributed by atoms with Crippen LogP contribution in [0.2, 0.25) is 9.49 Å². The smallest absolute Gasteiger partial charge is 0.273 e. The van der Waals surface area contributed by atoms with Gasteiger partial charge in [0.05, 0.1) is 22.6 Å². The highest BCUT2D eigenvalue weighted by molar-refractivity contribution is 7.94. The second kappa shape index (κ2) is 5.77. The average Bonchev–Trinajstić information content (AvgIpc) is 2.75. The summed E-state index contributed by atoms with van der Waals surface area (Å²) in [6.45, 7) is 0. The quantitative estimate of drug-likeness (QED) is 0.917. The fraction of sp³-hybridized carbons (Fsp3) is 0.182. The van der Waals surface area contributed by atoms with Gasteiger partial charge in [-0.3, -0.25) is 4.72 Å². The second-order valence-corrected chi connectivity index (χ2v) is 8.03. The van der Waals surface area contributed by atoms with Crippen molar-refractivity contribution in [3.63, 3.8) is 0 Å². The lowest BCUT2D eigenvalue weighted by Gasteiger charge is -2.15. The van der Waals surface area contributed by atoms with Crippen molar-refractivity contribution in [1.29, 1.82) is 0 Å². The maximum absolute atomic E-state index is 12.1. The van der Waals surface area contributed by atoms with Gasteiger partial charge in [-0.05, 0) is 18.2 Å². The topological polar surface area (TPSA) is 62.3 Å². The highest BCUT2D eigenvalue weighted by Gasteiger charge is 2.18. The number of nitrogens with one attached hydrogen (secondary N) is 1. The third kappa shape index (κ3) is 3.35. The van der Waals surface area contributed by atoms with Crippen LogP contribution in [0.15, 0.2) is 28.6 Å². The Labute approximate surface area is 131 Å². The van der Waals surface area contributed by atoms with Crippen LogP contribution in [0.25, 0.3) is 0 Å². The first-order valence-corrected chi connectivity index (χ1v) is 8.46. The van der Waals surface area contributed by atoms with E-state index in [1.165, 1.54) is 6.20 Å². The lowest BCUT2D eigenvalue weighted by molar-refractivity contribution is 0.603. The van der Waals surface area contributed by atoms with Crippen molar-refractivity contribution in [2.75, 3.05) is 23.7 Å². The molecule has 0 amide bonds. The summed E-state index contributed by atoms with van der Waals surface area (Å²) < 4.78 is 26.8. The van der Waals surface area contributed by atoms with Crippen LogP contribution in [0.1, 0.15) is 0 Å². The summed E-state index contributed by atoms with van der Waals surface area (Å²) in [5.41, 5.74) is 1.18. The largest absolute Gasteiger partial charge is 0.376 e. The Morgan fingerprint density at radius 2 is 2.00 bits per heavy atom. The van der Waals surface area contributed by atoms with Gasteiger partial charge in [-0.1, -0.05) is 34.5 Å². The first-order valence-electron chi connectivity index (χ1n) is 5.40. The summed E-state index contributed by atoms with van der Waals surface area (Å²) in [5, 5.41) is 0.456. The molecule has 20 heavy (non-hydrogen) atoms. The van der Waals surface area contributed by atoms with Gasteiger partial charge in [-0.25, -0.2) is 13.4 Å². The molecule has 1 N–H and O–H groups in total. The number of anilines is 2. The van der Waals surface area contributed by atoms with Gasteiger partial charge in [0.25, 0.3) is 10.0 Å². The number of aromatic nitrogens is 1. The summed E-state index contributed by atoms with van der Waals surface area (Å²) >= 11 is 12.6. The third-order valence-electron chi connectivity index (χ3n) is 2.40. The van der Waals surface area contributed by atoms with Crippen LogP contribution in [-0.4, -0.2) is 27.5 Å². The molecule has 108 valence electrons. The van der Waals surface area contributed by atoms with E-state index in [4.69, 9.17) is 23.2 Å². The Kier molecular flexibility index (Phi) is 4.43. The van der Waals surface area contributed by atoms with E-state index in [2.05, 4.69) is 9.71 Å². The summed E-state index contributed by atoms with van der Waals surface area (Å²) in [4.78, 5) is 5.55. The third-order valence-corrected chi connectivity index (χ3v) is 5.66. The fourth-order valence-corrected chi connectivity index (χ4v) is 4.19. The van der Waals surface area contributed by atoms with Crippen molar-refractivity contribution in [3.8, 4) is 0 Å². The molecule has 0 atom stereocenters. The lowest BCUT2D eigenvalue weighted by atomic mass is 10.3. The molecule has 0 radical (unpaired) electrons. The molecule has 0 fully saturated rings. The van der Waals surface area contributed by atoms with Crippen molar-refractivity contribution in [2.24, 2.45) is 0 Å². The van der Waals surface area contributed by atoms with E-state index < -0.39 is 10.0 Å². The zero-order valence-corrected chi connectivity index (χ0v) is 13.7. The molecule has 0 aliphatic rings. The molecule has 5 nitrogen and oxygen atoms in total. The van der Waals surface area contributed by atoms with E-state index in [9.17, 15) is 8.42 Å². The maximum atomic E-state index is 12.1. The molecule has 0 aliphatic carbocycles. The number of thiazole rings is 1. The van der Waals surface area contributed by atoms with Crippen LogP contribution in [0.3, 0.4) is 0 Å². The number of rotatable bonds is 4. The molecule has 0 saturated heterocycles. The standard InChI is InChI=1S/C11H11Cl2N3O2S2/c1-16(2)9-4-3-7(5-8(9)12)15-20(17,18)10-6-14-11(13)19-10/h3-6,15H,1-2H3. The molecular formula is C11H11Cl2N3O2S2. The van der Waals surface area contributed by atoms with Crippen molar-refractivity contribution < 1.29 is 8.42 Å². The minimum Gasteiger partial charge on any atom is -0.376 e. The number of benzene rings is 1. The molecule has 2 rings (SSSR count). The number of hydrogen-bond acceptors (Lipinski definition) is 5. The zero-order valence-electron chi connectivity index (χ0n) is 10.6. The molecular weight excluding hydrogens is 341 g/mol. The summed E-state index contributed by atoms with van der Waals surface area (Å²) in [7, 11) is 0.0101. The molecule has 0 aliphatic heterocycles. The highest BCUT2D eigenvalue weighted by Crippen LogP contribution is 2.29. The van der Waals surface area contributed by atoms with Gasteiger partial charge in [0.2, 0.25) is 0 Å². The van der Waals surface area contributed by atoms with Crippen LogP contribution >= 0.6 is 34.5 Å². The van der Waals surface area contributed by atoms with Gasteiger partial charge in [0.1, 0.15) is 0 Å². The Morgan fingerprint density at radius 3 is 2.50 bits per heavy atom. The predicted molar refractivity (Wildman–Crippen MR) is 83.7 cm³/mol. The normalized spacial score (nSPS) is 11.4. The van der Waals surface area contributed by atoms with Gasteiger partial charge in [-0.15, -0.1) is 0 Å². The molecule has 1 aromatic carbocycles. The van der Waals surface area contributed by atoms with Crippen LogP contribution in [0.5, 0.6) is 0 Å². The first-order chi connectivity index (χ1) is 9.29. The van der Waals surface area contributed by atoms with Gasteiger partial charge >= 0.3 is 0 Å². The SMILES string of the molecule is CN(C)c1ccc(NS(=O)(=O)c2cnc(Cl)s2)cc1Cl. The van der Waals surface area contributed by atoms with E-state index >= 15 is 0 Å². The molecule has 9 heteroatoms. The van der Waals surface area contributed by atoms with Crippen molar-refractivity contribution in [3.05, 3.63) is 33.9 Å². The van der Waals surface area contributed by atoms with Crippen molar-refractivity contribution >= 4 is 55.9 Å². The Balaban J connectivity index is 2.28. The molecule has 0 spiro atoms. The molecule has 1 aromatic heterocycles. The minimum absolute atomic E-state index is 0.0512. The molecule has 0 saturated carbocycles. The van der Waals surface area contributed by atoms with E-state index in [-0.39, 0.29) is 8.68 Å². The Bertz CT molecular complexity index is 729. The Morgan fingerprint density at radius 1 is 1.30 bits per heavy atom. The number of nitrogens with zero attached hydrogens (tertiary/aromatic N) is 2. The second-order valence-electron chi connectivity index (χ2n) is 4.10. The average molecular weight is 352 g/mol. The fourth-order valence-electron chi connectivity index (χ4n) is 1.50. The Hall–Kier alpha value is -1.02. The van der Waals surface area contributed by atoms with E-state index in [1.54, 1.807) is 18.2 Å². The van der Waals surface area contributed by atoms with Crippen molar-refractivity contribution in [2.45, 2.75) is 4.21 Å². The van der Waals surface area contributed by atoms with Gasteiger partial charge < -0.3 is 4.90 Å². The van der Waals surface area contributed by atoms with E-state index in [0.29, 0.717) is 10.7 Å². The van der Waals surface area contributed by atoms with Crippen LogP contribution in [0, 0.1) is 0 Å². The van der Waals surface area contributed by atoms with Crippen molar-refractivity contribution in [1.82, 2.24) is 4.98 Å². The monoisotopic (exact) mass is 351 g/mol. The summed E-state index contributed by atoms with van der Waals surface area (Å²) in [6.07, 6.45) is 1.21. The molecule has 0 bridgehead atoms. The summed E-state index contributed by atoms with van der Waals surface area (Å²) in [5.74, 6) is 0. The lowest BCUT2D eigenvalue weighted by Crippen LogP contribution is -2.12. The molecule has 2 aromatic rings. The number of hydrogen-bond donors (Lipinski definition) is 1. The number of sulfonamides is 1. The zero-order chi connectivity index (χ0) is 14.9. The van der Waals surface area contributed by atoms with E-state index in [1.807, 2.05) is 19.0 Å². The predicted octanol–water partition coefficient (Wildman–Crippen LogP) is 3.32. The molecule has 0 unspecified atom stereocenters. The first kappa shape index (κ1) is 15.4. The molecule has 1 heterocycles.